The number of ether oxygens (including phenoxy) is 1. The molecule has 3 heteroatoms. The first-order chi connectivity index (χ1) is 9.74. The van der Waals surface area contributed by atoms with Crippen molar-refractivity contribution in [2.75, 3.05) is 13.2 Å². The predicted octanol–water partition coefficient (Wildman–Crippen LogP) is 3.43. The molecule has 0 amide bonds. The maximum Gasteiger partial charge on any atom is 0.311 e. The third-order valence-corrected chi connectivity index (χ3v) is 3.73. The van der Waals surface area contributed by atoms with Crippen LogP contribution in [0.25, 0.3) is 0 Å². The summed E-state index contributed by atoms with van der Waals surface area (Å²) in [4.78, 5) is 11.7. The number of carbonyl (C=O) groups is 1. The molecule has 3 nitrogen and oxygen atoms in total. The van der Waals surface area contributed by atoms with Gasteiger partial charge in [-0.1, -0.05) is 18.2 Å². The van der Waals surface area contributed by atoms with E-state index in [1.54, 1.807) is 0 Å². The van der Waals surface area contributed by atoms with E-state index in [0.29, 0.717) is 0 Å². The summed E-state index contributed by atoms with van der Waals surface area (Å²) in [6.45, 7) is 10.0. The van der Waals surface area contributed by atoms with Gasteiger partial charge in [0.1, 0.15) is 0 Å². The molecule has 0 spiro atoms. The zero-order chi connectivity index (χ0) is 16.0. The van der Waals surface area contributed by atoms with Crippen LogP contribution in [-0.2, 0) is 16.0 Å². The molecular weight excluding hydrogens is 264 g/mol. The molecule has 1 aromatic carbocycles. The normalized spacial score (nSPS) is 13.0. The molecule has 1 N–H and O–H groups in total. The van der Waals surface area contributed by atoms with Gasteiger partial charge in [-0.2, -0.15) is 0 Å². The van der Waals surface area contributed by atoms with Crippen LogP contribution in [-0.4, -0.2) is 24.3 Å². The van der Waals surface area contributed by atoms with Crippen LogP contribution in [0.2, 0.25) is 0 Å². The molecule has 1 unspecified atom stereocenters. The molecule has 0 aliphatic rings. The summed E-state index contributed by atoms with van der Waals surface area (Å²) in [6, 6.07) is 6.43. The second-order valence-electron chi connectivity index (χ2n) is 6.85. The van der Waals surface area contributed by atoms with Crippen molar-refractivity contribution < 1.29 is 14.6 Å². The van der Waals surface area contributed by atoms with Gasteiger partial charge in [0.05, 0.1) is 12.0 Å². The first-order valence-corrected chi connectivity index (χ1v) is 7.58. The molecule has 1 aromatic rings. The minimum Gasteiger partial charge on any atom is -0.465 e. The van der Waals surface area contributed by atoms with Gasteiger partial charge in [0, 0.05) is 12.5 Å². The second-order valence-corrected chi connectivity index (χ2v) is 6.85. The van der Waals surface area contributed by atoms with E-state index < -0.39 is 5.41 Å². The molecule has 0 heterocycles. The minimum atomic E-state index is -0.492. The van der Waals surface area contributed by atoms with Crippen molar-refractivity contribution in [2.45, 2.75) is 47.5 Å². The van der Waals surface area contributed by atoms with Gasteiger partial charge in [0.2, 0.25) is 0 Å². The van der Waals surface area contributed by atoms with Gasteiger partial charge >= 0.3 is 5.97 Å². The monoisotopic (exact) mass is 292 g/mol. The first kappa shape index (κ1) is 17.7. The van der Waals surface area contributed by atoms with Crippen LogP contribution in [0, 0.1) is 25.2 Å². The lowest BCUT2D eigenvalue weighted by atomic mass is 9.96. The highest BCUT2D eigenvalue weighted by Gasteiger charge is 2.24. The highest BCUT2D eigenvalue weighted by molar-refractivity contribution is 5.75. The first-order valence-electron chi connectivity index (χ1n) is 7.58. The second kappa shape index (κ2) is 7.60. The van der Waals surface area contributed by atoms with Crippen molar-refractivity contribution in [2.24, 2.45) is 11.3 Å². The van der Waals surface area contributed by atoms with Crippen LogP contribution >= 0.6 is 0 Å². The van der Waals surface area contributed by atoms with E-state index in [1.807, 2.05) is 20.8 Å². The largest absolute Gasteiger partial charge is 0.465 e. The van der Waals surface area contributed by atoms with Gasteiger partial charge in [-0.25, -0.2) is 0 Å². The third kappa shape index (κ3) is 5.88. The van der Waals surface area contributed by atoms with E-state index in [9.17, 15) is 9.90 Å². The average molecular weight is 292 g/mol. The fourth-order valence-corrected chi connectivity index (χ4v) is 1.97. The smallest absolute Gasteiger partial charge is 0.311 e. The maximum atomic E-state index is 11.7. The Morgan fingerprint density at radius 2 is 1.90 bits per heavy atom. The van der Waals surface area contributed by atoms with Crippen LogP contribution in [0.15, 0.2) is 18.2 Å². The van der Waals surface area contributed by atoms with E-state index >= 15 is 0 Å². The van der Waals surface area contributed by atoms with Crippen molar-refractivity contribution in [1.29, 1.82) is 0 Å². The summed E-state index contributed by atoms with van der Waals surface area (Å²) >= 11 is 0. The Bertz CT molecular complexity index is 472. The van der Waals surface area contributed by atoms with Gasteiger partial charge in [-0.15, -0.1) is 0 Å². The highest BCUT2D eigenvalue weighted by Crippen LogP contribution is 2.18. The highest BCUT2D eigenvalue weighted by atomic mass is 16.5. The SMILES string of the molecule is Cc1ccc(CCC(CO)COC(=O)C(C)(C)C)cc1C. The molecule has 1 rings (SSSR count). The Balaban J connectivity index is 2.47. The van der Waals surface area contributed by atoms with Crippen molar-refractivity contribution in [1.82, 2.24) is 0 Å². The Morgan fingerprint density at radius 1 is 1.24 bits per heavy atom. The molecule has 0 saturated carbocycles. The Morgan fingerprint density at radius 3 is 2.43 bits per heavy atom. The van der Waals surface area contributed by atoms with Crippen molar-refractivity contribution in [3.05, 3.63) is 34.9 Å². The number of rotatable bonds is 6. The fraction of sp³-hybridized carbons (Fsp3) is 0.611. The van der Waals surface area contributed by atoms with E-state index in [4.69, 9.17) is 4.74 Å². The number of esters is 1. The Kier molecular flexibility index (Phi) is 6.41. The number of aliphatic hydroxyl groups excluding tert-OH is 1. The van der Waals surface area contributed by atoms with E-state index in [0.717, 1.165) is 12.8 Å². The summed E-state index contributed by atoms with van der Waals surface area (Å²) in [5.41, 5.74) is 3.34. The van der Waals surface area contributed by atoms with Crippen LogP contribution in [0.5, 0.6) is 0 Å². The number of hydrogen-bond acceptors (Lipinski definition) is 3. The van der Waals surface area contributed by atoms with Gasteiger partial charge in [-0.3, -0.25) is 4.79 Å². The Hall–Kier alpha value is -1.35. The number of hydrogen-bond donors (Lipinski definition) is 1. The summed E-state index contributed by atoms with van der Waals surface area (Å²) in [7, 11) is 0. The molecule has 0 saturated heterocycles. The zero-order valence-electron chi connectivity index (χ0n) is 13.9. The molecule has 0 aliphatic carbocycles. The van der Waals surface area contributed by atoms with Crippen molar-refractivity contribution in [3.8, 4) is 0 Å². The molecule has 0 fully saturated rings. The van der Waals surface area contributed by atoms with Gasteiger partial charge in [-0.05, 0) is 64.2 Å². The lowest BCUT2D eigenvalue weighted by molar-refractivity contribution is -0.154. The predicted molar refractivity (Wildman–Crippen MR) is 85.2 cm³/mol. The number of aryl methyl sites for hydroxylation is 3. The van der Waals surface area contributed by atoms with Crippen LogP contribution in [0.1, 0.15) is 43.9 Å². The van der Waals surface area contributed by atoms with Crippen molar-refractivity contribution in [3.63, 3.8) is 0 Å². The topological polar surface area (TPSA) is 46.5 Å². The standard InChI is InChI=1S/C18H28O3/c1-13-6-7-15(10-14(13)2)8-9-16(11-19)12-21-17(20)18(3,4)5/h6-7,10,16,19H,8-9,11-12H2,1-5H3. The van der Waals surface area contributed by atoms with Gasteiger partial charge < -0.3 is 9.84 Å². The number of aliphatic hydroxyl groups is 1. The molecule has 0 bridgehead atoms. The van der Waals surface area contributed by atoms with Crippen LogP contribution in [0.3, 0.4) is 0 Å². The lowest BCUT2D eigenvalue weighted by Crippen LogP contribution is -2.26. The minimum absolute atomic E-state index is 0.00194. The van der Waals surface area contributed by atoms with Gasteiger partial charge in [0.15, 0.2) is 0 Å². The van der Waals surface area contributed by atoms with E-state index in [1.165, 1.54) is 16.7 Å². The molecule has 0 aliphatic heterocycles. The summed E-state index contributed by atoms with van der Waals surface area (Å²) in [5.74, 6) is -0.218. The molecule has 0 aromatic heterocycles. The molecular formula is C18H28O3. The third-order valence-electron chi connectivity index (χ3n) is 3.73. The lowest BCUT2D eigenvalue weighted by Gasteiger charge is -2.20. The van der Waals surface area contributed by atoms with E-state index in [-0.39, 0.29) is 25.1 Å². The number of benzene rings is 1. The average Bonchev–Trinajstić information content (AvgIpc) is 2.41. The summed E-state index contributed by atoms with van der Waals surface area (Å²) in [6.07, 6.45) is 1.70. The quantitative estimate of drug-likeness (QED) is 0.817. The maximum absolute atomic E-state index is 11.7. The van der Waals surface area contributed by atoms with Crippen LogP contribution < -0.4 is 0 Å². The zero-order valence-corrected chi connectivity index (χ0v) is 13.9. The van der Waals surface area contributed by atoms with Gasteiger partial charge in [0.25, 0.3) is 0 Å². The number of carbonyl (C=O) groups excluding carboxylic acids is 1. The van der Waals surface area contributed by atoms with Crippen molar-refractivity contribution >= 4 is 5.97 Å². The molecule has 0 radical (unpaired) electrons. The Labute approximate surface area is 128 Å². The molecule has 118 valence electrons. The van der Waals surface area contributed by atoms with E-state index in [2.05, 4.69) is 32.0 Å². The molecule has 1 atom stereocenters. The fourth-order valence-electron chi connectivity index (χ4n) is 1.97. The summed E-state index contributed by atoms with van der Waals surface area (Å²) in [5, 5.41) is 9.43. The van der Waals surface area contributed by atoms with Crippen LogP contribution in [0.4, 0.5) is 0 Å². The summed E-state index contributed by atoms with van der Waals surface area (Å²) < 4.78 is 5.29. The molecule has 21 heavy (non-hydrogen) atoms.